The van der Waals surface area contributed by atoms with E-state index >= 15 is 0 Å². The average molecular weight is 434 g/mol. The van der Waals surface area contributed by atoms with Crippen molar-refractivity contribution in [2.75, 3.05) is 13.1 Å². The molecule has 0 bridgehead atoms. The lowest BCUT2D eigenvalue weighted by Gasteiger charge is -2.34. The zero-order chi connectivity index (χ0) is 20.9. The second kappa shape index (κ2) is 7.50. The predicted molar refractivity (Wildman–Crippen MR) is 110 cm³/mol. The standard InChI is InChI=1S/C22H25F2N3O2S/c23-16-7-8-21(24)20(14-16)22-6-3-11-25(22)17-9-12-26-18(15-17)10-13-27(26)30(28,29)19-4-1-2-5-19/h7-10,12,14-15,19,22H,1-6,11,13H2/t22-/m1/s1. The van der Waals surface area contributed by atoms with E-state index in [0.717, 1.165) is 62.5 Å². The maximum absolute atomic E-state index is 14.4. The van der Waals surface area contributed by atoms with Gasteiger partial charge < -0.3 is 4.90 Å². The van der Waals surface area contributed by atoms with Crippen LogP contribution in [0.5, 0.6) is 0 Å². The molecule has 4 aliphatic rings. The van der Waals surface area contributed by atoms with Gasteiger partial charge in [0.2, 0.25) is 10.0 Å². The number of fused-ring (bicyclic) bond motifs is 1. The van der Waals surface area contributed by atoms with Gasteiger partial charge in [0.25, 0.3) is 0 Å². The fraction of sp³-hybridized carbons (Fsp3) is 0.455. The van der Waals surface area contributed by atoms with Crippen LogP contribution in [0.2, 0.25) is 0 Å². The number of hydrogen-bond donors (Lipinski definition) is 0. The molecule has 3 aliphatic heterocycles. The first-order chi connectivity index (χ1) is 14.4. The van der Waals surface area contributed by atoms with Crippen molar-refractivity contribution >= 4 is 10.0 Å². The van der Waals surface area contributed by atoms with Crippen LogP contribution in [-0.4, -0.2) is 41.1 Å². The van der Waals surface area contributed by atoms with Crippen molar-refractivity contribution in [3.63, 3.8) is 0 Å². The van der Waals surface area contributed by atoms with Gasteiger partial charge in [0.15, 0.2) is 0 Å². The summed E-state index contributed by atoms with van der Waals surface area (Å²) in [4.78, 5) is 2.08. The number of allylic oxidation sites excluding steroid dienone is 2. The van der Waals surface area contributed by atoms with E-state index in [4.69, 9.17) is 0 Å². The molecule has 1 aromatic rings. The van der Waals surface area contributed by atoms with Crippen LogP contribution in [0.3, 0.4) is 0 Å². The molecule has 1 aliphatic carbocycles. The fourth-order valence-corrected chi connectivity index (χ4v) is 7.00. The molecule has 0 aromatic heterocycles. The highest BCUT2D eigenvalue weighted by Crippen LogP contribution is 2.39. The zero-order valence-electron chi connectivity index (χ0n) is 16.7. The van der Waals surface area contributed by atoms with Crippen LogP contribution in [-0.2, 0) is 10.0 Å². The van der Waals surface area contributed by atoms with Crippen molar-refractivity contribution in [1.82, 2.24) is 14.3 Å². The maximum atomic E-state index is 14.4. The molecule has 1 aromatic carbocycles. The molecule has 1 atom stereocenters. The third-order valence-corrected chi connectivity index (χ3v) is 8.79. The largest absolute Gasteiger partial charge is 0.364 e. The Morgan fingerprint density at radius 1 is 1.00 bits per heavy atom. The van der Waals surface area contributed by atoms with Crippen molar-refractivity contribution in [2.45, 2.75) is 49.8 Å². The first kappa shape index (κ1) is 19.8. The first-order valence-corrected chi connectivity index (χ1v) is 12.1. The van der Waals surface area contributed by atoms with E-state index in [-0.39, 0.29) is 11.3 Å². The van der Waals surface area contributed by atoms with Gasteiger partial charge in [-0.2, -0.15) is 0 Å². The van der Waals surface area contributed by atoms with Crippen LogP contribution in [0.15, 0.2) is 54.0 Å². The van der Waals surface area contributed by atoms with Gasteiger partial charge in [-0.15, -0.1) is 4.41 Å². The molecule has 0 spiro atoms. The summed E-state index contributed by atoms with van der Waals surface area (Å²) in [5.74, 6) is -0.840. The minimum Gasteiger partial charge on any atom is -0.364 e. The highest BCUT2D eigenvalue weighted by atomic mass is 32.2. The number of hydrogen-bond acceptors (Lipinski definition) is 4. The fourth-order valence-electron chi connectivity index (χ4n) is 5.05. The molecule has 1 saturated heterocycles. The summed E-state index contributed by atoms with van der Waals surface area (Å²) in [6.07, 6.45) is 12.5. The molecule has 5 nitrogen and oxygen atoms in total. The van der Waals surface area contributed by atoms with Gasteiger partial charge in [0.05, 0.1) is 23.5 Å². The normalized spacial score (nSPS) is 25.1. The Bertz CT molecular complexity index is 1040. The second-order valence-corrected chi connectivity index (χ2v) is 10.5. The van der Waals surface area contributed by atoms with Crippen molar-refractivity contribution in [3.8, 4) is 0 Å². The van der Waals surface area contributed by atoms with E-state index in [1.165, 1.54) is 16.5 Å². The molecule has 0 N–H and O–H groups in total. The Morgan fingerprint density at radius 3 is 2.60 bits per heavy atom. The summed E-state index contributed by atoms with van der Waals surface area (Å²) in [5, 5.41) is 1.40. The minimum atomic E-state index is -3.39. The minimum absolute atomic E-state index is 0.233. The van der Waals surface area contributed by atoms with Crippen LogP contribution >= 0.6 is 0 Å². The smallest absolute Gasteiger partial charge is 0.234 e. The van der Waals surface area contributed by atoms with Crippen molar-refractivity contribution < 1.29 is 17.2 Å². The van der Waals surface area contributed by atoms with Gasteiger partial charge in [0.1, 0.15) is 11.6 Å². The van der Waals surface area contributed by atoms with Crippen LogP contribution in [0.1, 0.15) is 50.1 Å². The van der Waals surface area contributed by atoms with E-state index in [9.17, 15) is 17.2 Å². The monoisotopic (exact) mass is 433 g/mol. The van der Waals surface area contributed by atoms with Gasteiger partial charge in [0, 0.05) is 24.0 Å². The Labute approximate surface area is 176 Å². The summed E-state index contributed by atoms with van der Waals surface area (Å²) in [6, 6.07) is 3.36. The van der Waals surface area contributed by atoms with Crippen LogP contribution in [0.4, 0.5) is 8.78 Å². The van der Waals surface area contributed by atoms with Gasteiger partial charge in [-0.3, -0.25) is 5.01 Å². The van der Waals surface area contributed by atoms with Gasteiger partial charge >= 0.3 is 0 Å². The Hall–Kier alpha value is -2.19. The van der Waals surface area contributed by atoms with Crippen molar-refractivity contribution in [1.29, 1.82) is 0 Å². The molecule has 8 heteroatoms. The number of hydrazine groups is 1. The zero-order valence-corrected chi connectivity index (χ0v) is 17.5. The summed E-state index contributed by atoms with van der Waals surface area (Å²) < 4.78 is 55.7. The van der Waals surface area contributed by atoms with Crippen molar-refractivity contribution in [2.24, 2.45) is 0 Å². The number of nitrogens with zero attached hydrogens (tertiary/aromatic N) is 3. The summed E-state index contributed by atoms with van der Waals surface area (Å²) in [5.41, 5.74) is 2.07. The Balaban J connectivity index is 1.38. The lowest BCUT2D eigenvalue weighted by atomic mass is 10.0. The highest BCUT2D eigenvalue weighted by Gasteiger charge is 2.40. The van der Waals surface area contributed by atoms with Crippen LogP contribution < -0.4 is 0 Å². The average Bonchev–Trinajstić information content (AvgIpc) is 3.49. The number of likely N-dealkylation sites (tertiary alicyclic amines) is 1. The molecule has 160 valence electrons. The second-order valence-electron chi connectivity index (χ2n) is 8.33. The number of halogens is 2. The van der Waals surface area contributed by atoms with E-state index in [2.05, 4.69) is 4.90 Å². The van der Waals surface area contributed by atoms with E-state index in [1.54, 1.807) is 11.2 Å². The topological polar surface area (TPSA) is 43.9 Å². The number of benzene rings is 1. The SMILES string of the molecule is O=S(=O)(C1CCCC1)N1CC=C2C=C(N3CCC[C@@H]3c3cc(F)ccc3F)C=CN21. The lowest BCUT2D eigenvalue weighted by Crippen LogP contribution is -2.44. The molecule has 0 amide bonds. The highest BCUT2D eigenvalue weighted by molar-refractivity contribution is 7.89. The third-order valence-electron chi connectivity index (χ3n) is 6.56. The molecule has 0 radical (unpaired) electrons. The van der Waals surface area contributed by atoms with Crippen LogP contribution in [0.25, 0.3) is 0 Å². The van der Waals surface area contributed by atoms with E-state index in [0.29, 0.717) is 12.1 Å². The maximum Gasteiger partial charge on any atom is 0.234 e. The summed E-state index contributed by atoms with van der Waals surface area (Å²) >= 11 is 0. The summed E-state index contributed by atoms with van der Waals surface area (Å²) in [7, 11) is -3.39. The molecular weight excluding hydrogens is 408 g/mol. The predicted octanol–water partition coefficient (Wildman–Crippen LogP) is 4.20. The molecule has 1 saturated carbocycles. The van der Waals surface area contributed by atoms with Gasteiger partial charge in [-0.25, -0.2) is 17.2 Å². The van der Waals surface area contributed by atoms with Crippen molar-refractivity contribution in [3.05, 3.63) is 71.2 Å². The molecule has 2 fully saturated rings. The number of sulfonamides is 1. The molecular formula is C22H25F2N3O2S. The Morgan fingerprint density at radius 2 is 1.80 bits per heavy atom. The quantitative estimate of drug-likeness (QED) is 0.714. The third kappa shape index (κ3) is 3.26. The molecule has 30 heavy (non-hydrogen) atoms. The van der Waals surface area contributed by atoms with Crippen LogP contribution in [0, 0.1) is 11.6 Å². The van der Waals surface area contributed by atoms with E-state index < -0.39 is 21.7 Å². The summed E-state index contributed by atoms with van der Waals surface area (Å²) in [6.45, 7) is 1.07. The first-order valence-electron chi connectivity index (χ1n) is 10.6. The van der Waals surface area contributed by atoms with Gasteiger partial charge in [-0.1, -0.05) is 12.8 Å². The molecule has 0 unspecified atom stereocenters. The molecule has 5 rings (SSSR count). The Kier molecular flexibility index (Phi) is 4.94. The lowest BCUT2D eigenvalue weighted by molar-refractivity contribution is 0.202. The van der Waals surface area contributed by atoms with Gasteiger partial charge in [-0.05, 0) is 62.1 Å². The molecule has 3 heterocycles. The number of rotatable bonds is 4. The van der Waals surface area contributed by atoms with E-state index in [1.807, 2.05) is 18.2 Å².